The molecule has 3 aliphatic heterocycles. The number of nitrogens with one attached hydrogen (secondary N) is 3. The van der Waals surface area contributed by atoms with Crippen molar-refractivity contribution in [1.29, 1.82) is 0 Å². The van der Waals surface area contributed by atoms with E-state index in [9.17, 15) is 14.4 Å². The Morgan fingerprint density at radius 2 is 2.03 bits per heavy atom. The van der Waals surface area contributed by atoms with Crippen molar-refractivity contribution in [2.24, 2.45) is 0 Å². The van der Waals surface area contributed by atoms with Gasteiger partial charge in [0.1, 0.15) is 19.0 Å². The molecule has 10 heteroatoms. The van der Waals surface area contributed by atoms with Crippen molar-refractivity contribution < 1.29 is 19.1 Å². The zero-order valence-corrected chi connectivity index (χ0v) is 18.5. The molecule has 2 amide bonds. The van der Waals surface area contributed by atoms with E-state index in [1.165, 1.54) is 0 Å². The third kappa shape index (κ3) is 4.12. The molecule has 4 heterocycles. The average Bonchev–Trinajstić information content (AvgIpc) is 2.83. The molecule has 2 aromatic rings. The van der Waals surface area contributed by atoms with E-state index in [2.05, 4.69) is 32.4 Å². The second-order valence-corrected chi connectivity index (χ2v) is 8.56. The fourth-order valence-electron chi connectivity index (χ4n) is 4.77. The monoisotopic (exact) mass is 453 g/mol. The van der Waals surface area contributed by atoms with Crippen LogP contribution in [0, 0.1) is 0 Å². The van der Waals surface area contributed by atoms with Crippen LogP contribution < -0.4 is 30.6 Å². The van der Waals surface area contributed by atoms with Crippen molar-refractivity contribution in [1.82, 2.24) is 9.97 Å². The first-order chi connectivity index (χ1) is 16.0. The second-order valence-electron chi connectivity index (χ2n) is 8.56. The number of fused-ring (bicyclic) bond motifs is 2. The largest absolute Gasteiger partial charge is 0.486 e. The number of carbonyl (C=O) groups is 2. The van der Waals surface area contributed by atoms with Crippen LogP contribution in [-0.4, -0.2) is 47.6 Å². The molecule has 1 aromatic carbocycles. The van der Waals surface area contributed by atoms with Gasteiger partial charge in [0.05, 0.1) is 11.5 Å². The summed E-state index contributed by atoms with van der Waals surface area (Å²) in [5, 5.41) is 5.49. The summed E-state index contributed by atoms with van der Waals surface area (Å²) in [4.78, 5) is 48.2. The van der Waals surface area contributed by atoms with Crippen LogP contribution >= 0.6 is 0 Å². The molecule has 0 spiro atoms. The summed E-state index contributed by atoms with van der Waals surface area (Å²) in [5.41, 5.74) is 0.271. The van der Waals surface area contributed by atoms with Gasteiger partial charge in [-0.25, -0.2) is 0 Å². The lowest BCUT2D eigenvalue weighted by Gasteiger charge is -2.36. The quantitative estimate of drug-likeness (QED) is 0.649. The Morgan fingerprint density at radius 3 is 2.85 bits per heavy atom. The highest BCUT2D eigenvalue weighted by atomic mass is 16.6. The molecule has 1 aromatic heterocycles. The smallest absolute Gasteiger partial charge is 0.258 e. The van der Waals surface area contributed by atoms with E-state index in [4.69, 9.17) is 9.47 Å². The van der Waals surface area contributed by atoms with Crippen LogP contribution in [0.3, 0.4) is 0 Å². The van der Waals surface area contributed by atoms with Crippen molar-refractivity contribution in [3.8, 4) is 11.5 Å². The minimum Gasteiger partial charge on any atom is -0.486 e. The Morgan fingerprint density at radius 1 is 1.21 bits per heavy atom. The predicted octanol–water partition coefficient (Wildman–Crippen LogP) is 2.37. The van der Waals surface area contributed by atoms with Crippen molar-refractivity contribution in [3.05, 3.63) is 34.1 Å². The van der Waals surface area contributed by atoms with Crippen molar-refractivity contribution in [2.75, 3.05) is 35.3 Å². The highest BCUT2D eigenvalue weighted by Gasteiger charge is 2.36. The Bertz CT molecular complexity index is 1150. The molecule has 0 aliphatic carbocycles. The fraction of sp³-hybridized carbons (Fsp3) is 0.478. The van der Waals surface area contributed by atoms with Gasteiger partial charge in [-0.3, -0.25) is 19.4 Å². The number of amides is 2. The van der Waals surface area contributed by atoms with Crippen molar-refractivity contribution in [2.45, 2.75) is 51.0 Å². The molecule has 1 fully saturated rings. The van der Waals surface area contributed by atoms with E-state index in [0.717, 1.165) is 32.2 Å². The van der Waals surface area contributed by atoms with Gasteiger partial charge in [-0.15, -0.1) is 0 Å². The average molecular weight is 453 g/mol. The molecular weight excluding hydrogens is 426 g/mol. The number of carbonyl (C=O) groups excluding carboxylic acids is 2. The molecule has 33 heavy (non-hydrogen) atoms. The lowest BCUT2D eigenvalue weighted by Crippen LogP contribution is -2.43. The van der Waals surface area contributed by atoms with Gasteiger partial charge in [-0.05, 0) is 37.8 Å². The number of H-pyrrole nitrogens is 1. The number of hydrogen-bond acceptors (Lipinski definition) is 7. The minimum absolute atomic E-state index is 0.130. The van der Waals surface area contributed by atoms with Crippen LogP contribution in [0.15, 0.2) is 23.0 Å². The number of rotatable bonds is 4. The number of nitrogens with zero attached hydrogens (tertiary/aromatic N) is 2. The molecule has 10 nitrogen and oxygen atoms in total. The Kier molecular flexibility index (Phi) is 5.65. The summed E-state index contributed by atoms with van der Waals surface area (Å²) in [6, 6.07) is 5.37. The topological polar surface area (TPSA) is 126 Å². The van der Waals surface area contributed by atoms with Crippen molar-refractivity contribution in [3.63, 3.8) is 0 Å². The van der Waals surface area contributed by atoms with Gasteiger partial charge in [0, 0.05) is 30.8 Å². The highest BCUT2D eigenvalue weighted by molar-refractivity contribution is 6.04. The van der Waals surface area contributed by atoms with Gasteiger partial charge < -0.3 is 25.0 Å². The number of anilines is 3. The normalized spacial score (nSPS) is 21.7. The number of piperidine rings is 1. The molecule has 1 saturated heterocycles. The number of aromatic amines is 1. The molecular formula is C23H27N5O5. The zero-order valence-electron chi connectivity index (χ0n) is 18.5. The van der Waals surface area contributed by atoms with Crippen LogP contribution in [0.25, 0.3) is 0 Å². The van der Waals surface area contributed by atoms with E-state index in [1.807, 2.05) is 0 Å². The van der Waals surface area contributed by atoms with Crippen LogP contribution in [0.5, 0.6) is 11.5 Å². The first-order valence-corrected chi connectivity index (χ1v) is 11.4. The molecule has 0 radical (unpaired) electrons. The molecule has 0 saturated carbocycles. The number of aromatic nitrogens is 2. The van der Waals surface area contributed by atoms with Crippen LogP contribution in [-0.2, 0) is 9.59 Å². The van der Waals surface area contributed by atoms with Crippen LogP contribution in [0.2, 0.25) is 0 Å². The van der Waals surface area contributed by atoms with Crippen molar-refractivity contribution >= 4 is 29.3 Å². The second kappa shape index (κ2) is 8.76. The molecule has 5 rings (SSSR count). The number of hydrogen-bond donors (Lipinski definition) is 3. The third-order valence-electron chi connectivity index (χ3n) is 6.44. The maximum atomic E-state index is 13.1. The molecule has 174 valence electrons. The maximum absolute atomic E-state index is 13.1. The van der Waals surface area contributed by atoms with E-state index < -0.39 is 17.4 Å². The first-order valence-electron chi connectivity index (χ1n) is 11.4. The Balaban J connectivity index is 1.43. The highest BCUT2D eigenvalue weighted by Crippen LogP contribution is 2.35. The van der Waals surface area contributed by atoms with Crippen LogP contribution in [0.1, 0.15) is 50.5 Å². The lowest BCUT2D eigenvalue weighted by atomic mass is 9.92. The van der Waals surface area contributed by atoms with E-state index in [1.54, 1.807) is 18.2 Å². The van der Waals surface area contributed by atoms with Gasteiger partial charge in [-0.1, -0.05) is 6.92 Å². The molecule has 0 bridgehead atoms. The third-order valence-corrected chi connectivity index (χ3v) is 6.44. The number of benzene rings is 1. The van der Waals surface area contributed by atoms with Gasteiger partial charge in [0.25, 0.3) is 5.56 Å². The molecule has 3 aliphatic rings. The SMILES string of the molecule is CC[C@@H]1CCCCN1c1nc2c(c(=O)[nH]1)[C@H](C(=O)Nc1ccc3c(c1)OCCO3)CC(=O)N2. The molecule has 3 N–H and O–H groups in total. The van der Waals surface area contributed by atoms with Gasteiger partial charge in [0.15, 0.2) is 11.5 Å². The summed E-state index contributed by atoms with van der Waals surface area (Å²) in [5.74, 6) is 0.00327. The maximum Gasteiger partial charge on any atom is 0.258 e. The Hall–Kier alpha value is -3.56. The lowest BCUT2D eigenvalue weighted by molar-refractivity contribution is -0.123. The predicted molar refractivity (Wildman–Crippen MR) is 122 cm³/mol. The summed E-state index contributed by atoms with van der Waals surface area (Å²) >= 11 is 0. The first kappa shape index (κ1) is 21.3. The minimum atomic E-state index is -0.949. The van der Waals surface area contributed by atoms with Crippen LogP contribution in [0.4, 0.5) is 17.5 Å². The molecule has 0 unspecified atom stereocenters. The summed E-state index contributed by atoms with van der Waals surface area (Å²) in [7, 11) is 0. The summed E-state index contributed by atoms with van der Waals surface area (Å²) < 4.78 is 11.1. The fourth-order valence-corrected chi connectivity index (χ4v) is 4.77. The number of ether oxygens (including phenoxy) is 2. The van der Waals surface area contributed by atoms with E-state index in [0.29, 0.717) is 36.3 Å². The zero-order chi connectivity index (χ0) is 22.9. The van der Waals surface area contributed by atoms with E-state index >= 15 is 0 Å². The summed E-state index contributed by atoms with van der Waals surface area (Å²) in [6.45, 7) is 3.81. The Labute approximate surface area is 190 Å². The van der Waals surface area contributed by atoms with Gasteiger partial charge >= 0.3 is 0 Å². The summed E-state index contributed by atoms with van der Waals surface area (Å²) in [6.07, 6.45) is 4.00. The van der Waals surface area contributed by atoms with E-state index in [-0.39, 0.29) is 29.8 Å². The standard InChI is InChI=1S/C23H27N5O5/c1-2-14-5-3-4-8-28(14)23-26-20-19(22(31)27-23)15(12-18(29)25-20)21(30)24-13-6-7-16-17(11-13)33-10-9-32-16/h6-7,11,14-15H,2-5,8-10,12H2,1H3,(H,24,30)(H2,25,26,27,29,31)/t14-,15-/m1/s1. The molecule has 2 atom stereocenters. The van der Waals surface area contributed by atoms with Gasteiger partial charge in [-0.2, -0.15) is 4.98 Å². The van der Waals surface area contributed by atoms with Gasteiger partial charge in [0.2, 0.25) is 17.8 Å².